The van der Waals surface area contributed by atoms with Crippen molar-refractivity contribution in [3.05, 3.63) is 71.7 Å². The minimum atomic E-state index is -0.0897. The van der Waals surface area contributed by atoms with Crippen LogP contribution in [0.2, 0.25) is 0 Å². The van der Waals surface area contributed by atoms with Crippen LogP contribution in [-0.4, -0.2) is 29.9 Å². The van der Waals surface area contributed by atoms with E-state index >= 15 is 0 Å². The Kier molecular flexibility index (Phi) is 7.50. The first-order valence-corrected chi connectivity index (χ1v) is 10.8. The number of aromatic nitrogens is 1. The first kappa shape index (κ1) is 22.6. The van der Waals surface area contributed by atoms with E-state index in [2.05, 4.69) is 43.1 Å². The Hall–Kier alpha value is -3.08. The summed E-state index contributed by atoms with van der Waals surface area (Å²) in [5.41, 5.74) is 3.30. The molecule has 0 unspecified atom stereocenters. The maximum absolute atomic E-state index is 12.7. The third-order valence-electron chi connectivity index (χ3n) is 5.55. The monoisotopic (exact) mass is 420 g/mol. The number of hydrogen-bond donors (Lipinski definition) is 0. The summed E-state index contributed by atoms with van der Waals surface area (Å²) in [5, 5.41) is 0. The average Bonchev–Trinajstić information content (AvgIpc) is 3.25. The van der Waals surface area contributed by atoms with E-state index < -0.39 is 0 Å². The molecule has 1 heterocycles. The summed E-state index contributed by atoms with van der Waals surface area (Å²) in [5.74, 6) is 2.76. The van der Waals surface area contributed by atoms with Crippen LogP contribution in [0.25, 0.3) is 11.3 Å². The third kappa shape index (κ3) is 5.75. The molecule has 164 valence electrons. The van der Waals surface area contributed by atoms with Crippen LogP contribution in [0.15, 0.2) is 59.1 Å². The second-order valence-electron chi connectivity index (χ2n) is 8.34. The molecule has 1 amide bonds. The van der Waals surface area contributed by atoms with Crippen molar-refractivity contribution < 1.29 is 13.9 Å². The molecule has 3 aromatic rings. The van der Waals surface area contributed by atoms with Gasteiger partial charge in [-0.3, -0.25) is 4.79 Å². The van der Waals surface area contributed by atoms with Crippen LogP contribution in [0.3, 0.4) is 0 Å². The molecule has 0 radical (unpaired) electrons. The number of amides is 1. The van der Waals surface area contributed by atoms with Gasteiger partial charge in [0.25, 0.3) is 0 Å². The standard InChI is InChI=1S/C26H32N2O3/c1-18(2)16-20-10-12-21(13-11-20)24-17-27-25(31-24)14-15-26(29)28(4)19(3)22-8-6-7-9-23(22)30-5/h6-13,17-19H,14-16H2,1-5H3/t19-/m0/s1. The number of para-hydroxylation sites is 1. The number of carbonyl (C=O) groups is 1. The van der Waals surface area contributed by atoms with Crippen molar-refractivity contribution >= 4 is 5.91 Å². The van der Waals surface area contributed by atoms with E-state index in [0.717, 1.165) is 29.1 Å². The van der Waals surface area contributed by atoms with Crippen LogP contribution in [0.5, 0.6) is 5.75 Å². The summed E-state index contributed by atoms with van der Waals surface area (Å²) in [6.45, 7) is 6.43. The minimum Gasteiger partial charge on any atom is -0.496 e. The molecule has 0 aliphatic rings. The van der Waals surface area contributed by atoms with Gasteiger partial charge in [-0.1, -0.05) is 56.3 Å². The Labute approximate surface area is 185 Å². The lowest BCUT2D eigenvalue weighted by Crippen LogP contribution is -2.30. The van der Waals surface area contributed by atoms with Gasteiger partial charge in [0.05, 0.1) is 19.3 Å². The number of carbonyl (C=O) groups excluding carboxylic acids is 1. The zero-order chi connectivity index (χ0) is 22.4. The average molecular weight is 421 g/mol. The summed E-state index contributed by atoms with van der Waals surface area (Å²) in [6, 6.07) is 16.1. The highest BCUT2D eigenvalue weighted by Gasteiger charge is 2.20. The van der Waals surface area contributed by atoms with Gasteiger partial charge in [0.2, 0.25) is 5.91 Å². The topological polar surface area (TPSA) is 55.6 Å². The molecule has 0 saturated heterocycles. The summed E-state index contributed by atoms with van der Waals surface area (Å²) < 4.78 is 11.3. The van der Waals surface area contributed by atoms with Gasteiger partial charge in [-0.05, 0) is 30.9 Å². The van der Waals surface area contributed by atoms with Crippen LogP contribution in [-0.2, 0) is 17.6 Å². The zero-order valence-electron chi connectivity index (χ0n) is 19.1. The number of oxazole rings is 1. The number of ether oxygens (including phenoxy) is 1. The molecule has 31 heavy (non-hydrogen) atoms. The Bertz CT molecular complexity index is 992. The van der Waals surface area contributed by atoms with E-state index in [0.29, 0.717) is 24.7 Å². The first-order chi connectivity index (χ1) is 14.9. The SMILES string of the molecule is COc1ccccc1[C@H](C)N(C)C(=O)CCc1ncc(-c2ccc(CC(C)C)cc2)o1. The molecule has 5 heteroatoms. The molecule has 0 N–H and O–H groups in total. The fraction of sp³-hybridized carbons (Fsp3) is 0.385. The molecule has 3 rings (SSSR count). The highest BCUT2D eigenvalue weighted by molar-refractivity contribution is 5.76. The van der Waals surface area contributed by atoms with E-state index in [1.165, 1.54) is 5.56 Å². The highest BCUT2D eigenvalue weighted by Crippen LogP contribution is 2.28. The van der Waals surface area contributed by atoms with E-state index in [-0.39, 0.29) is 11.9 Å². The molecular weight excluding hydrogens is 388 g/mol. The van der Waals surface area contributed by atoms with Gasteiger partial charge in [0, 0.05) is 31.0 Å². The van der Waals surface area contributed by atoms with Crippen molar-refractivity contribution in [1.29, 1.82) is 0 Å². The van der Waals surface area contributed by atoms with Gasteiger partial charge in [0.1, 0.15) is 5.75 Å². The lowest BCUT2D eigenvalue weighted by Gasteiger charge is -2.26. The number of hydrogen-bond acceptors (Lipinski definition) is 4. The van der Waals surface area contributed by atoms with Crippen LogP contribution < -0.4 is 4.74 Å². The number of benzene rings is 2. The van der Waals surface area contributed by atoms with E-state index in [9.17, 15) is 4.79 Å². The largest absolute Gasteiger partial charge is 0.496 e. The molecule has 0 aliphatic heterocycles. The smallest absolute Gasteiger partial charge is 0.223 e. The highest BCUT2D eigenvalue weighted by atomic mass is 16.5. The maximum atomic E-state index is 12.7. The van der Waals surface area contributed by atoms with Crippen LogP contribution >= 0.6 is 0 Å². The lowest BCUT2D eigenvalue weighted by molar-refractivity contribution is -0.131. The molecule has 2 aromatic carbocycles. The molecule has 1 aromatic heterocycles. The minimum absolute atomic E-state index is 0.0381. The Morgan fingerprint density at radius 1 is 1.10 bits per heavy atom. The van der Waals surface area contributed by atoms with Crippen molar-refractivity contribution in [3.8, 4) is 17.1 Å². The lowest BCUT2D eigenvalue weighted by atomic mass is 10.0. The molecule has 0 bridgehead atoms. The Morgan fingerprint density at radius 3 is 2.48 bits per heavy atom. The van der Waals surface area contributed by atoms with Crippen LogP contribution in [0.4, 0.5) is 0 Å². The van der Waals surface area contributed by atoms with Gasteiger partial charge in [0.15, 0.2) is 11.7 Å². The fourth-order valence-corrected chi connectivity index (χ4v) is 3.66. The summed E-state index contributed by atoms with van der Waals surface area (Å²) in [7, 11) is 3.46. The quantitative estimate of drug-likeness (QED) is 0.445. The first-order valence-electron chi connectivity index (χ1n) is 10.8. The number of methoxy groups -OCH3 is 1. The molecule has 0 aliphatic carbocycles. The second kappa shape index (κ2) is 10.3. The molecule has 0 fully saturated rings. The summed E-state index contributed by atoms with van der Waals surface area (Å²) in [4.78, 5) is 18.9. The fourth-order valence-electron chi connectivity index (χ4n) is 3.66. The zero-order valence-corrected chi connectivity index (χ0v) is 19.1. The summed E-state index contributed by atoms with van der Waals surface area (Å²) in [6.07, 6.45) is 3.60. The number of rotatable bonds is 9. The van der Waals surface area contributed by atoms with Crippen molar-refractivity contribution in [1.82, 2.24) is 9.88 Å². The van der Waals surface area contributed by atoms with Gasteiger partial charge < -0.3 is 14.1 Å². The predicted molar refractivity (Wildman–Crippen MR) is 123 cm³/mol. The third-order valence-corrected chi connectivity index (χ3v) is 5.55. The summed E-state index contributed by atoms with van der Waals surface area (Å²) >= 11 is 0. The van der Waals surface area contributed by atoms with Crippen LogP contribution in [0.1, 0.15) is 50.3 Å². The number of aryl methyl sites for hydroxylation is 1. The van der Waals surface area contributed by atoms with Gasteiger partial charge in [-0.2, -0.15) is 0 Å². The van der Waals surface area contributed by atoms with Crippen molar-refractivity contribution in [2.45, 2.75) is 46.1 Å². The molecule has 1 atom stereocenters. The normalized spacial score (nSPS) is 12.1. The van der Waals surface area contributed by atoms with Crippen LogP contribution in [0, 0.1) is 5.92 Å². The predicted octanol–water partition coefficient (Wildman–Crippen LogP) is 5.70. The van der Waals surface area contributed by atoms with E-state index in [1.807, 2.05) is 38.2 Å². The van der Waals surface area contributed by atoms with Gasteiger partial charge >= 0.3 is 0 Å². The van der Waals surface area contributed by atoms with E-state index in [1.54, 1.807) is 18.2 Å². The molecular formula is C26H32N2O3. The maximum Gasteiger partial charge on any atom is 0.223 e. The van der Waals surface area contributed by atoms with Gasteiger partial charge in [-0.15, -0.1) is 0 Å². The molecule has 0 saturated carbocycles. The second-order valence-corrected chi connectivity index (χ2v) is 8.34. The molecule has 5 nitrogen and oxygen atoms in total. The Balaban J connectivity index is 1.59. The van der Waals surface area contributed by atoms with Crippen molar-refractivity contribution in [2.24, 2.45) is 5.92 Å². The van der Waals surface area contributed by atoms with Gasteiger partial charge in [-0.25, -0.2) is 4.98 Å². The number of nitrogens with zero attached hydrogens (tertiary/aromatic N) is 2. The van der Waals surface area contributed by atoms with Crippen molar-refractivity contribution in [2.75, 3.05) is 14.2 Å². The Morgan fingerprint density at radius 2 is 1.81 bits per heavy atom. The van der Waals surface area contributed by atoms with Crippen molar-refractivity contribution in [3.63, 3.8) is 0 Å². The molecule has 0 spiro atoms. The van der Waals surface area contributed by atoms with E-state index in [4.69, 9.17) is 9.15 Å².